The molecule has 2 aromatic carbocycles. The van der Waals surface area contributed by atoms with Crippen LogP contribution < -0.4 is 21.4 Å². The monoisotopic (exact) mass is 567 g/mol. The lowest BCUT2D eigenvalue weighted by atomic mass is 10.2. The number of para-hydroxylation sites is 1. The number of halogens is 2. The zero-order valence-electron chi connectivity index (χ0n) is 21.4. The quantitative estimate of drug-likeness (QED) is 0.327. The van der Waals surface area contributed by atoms with Gasteiger partial charge in [-0.05, 0) is 50.5 Å². The number of carbonyl (C=O) groups is 1. The molecule has 11 nitrogen and oxygen atoms in total. The van der Waals surface area contributed by atoms with Gasteiger partial charge in [0.1, 0.15) is 5.49 Å². The number of piperazine rings is 1. The molecule has 0 saturated carbocycles. The molecule has 0 spiro atoms. The van der Waals surface area contributed by atoms with Gasteiger partial charge in [0.15, 0.2) is 5.65 Å². The molecule has 5 rings (SSSR count). The van der Waals surface area contributed by atoms with Gasteiger partial charge in [-0.25, -0.2) is 14.3 Å². The van der Waals surface area contributed by atoms with E-state index in [-0.39, 0.29) is 38.7 Å². The third-order valence-electron chi connectivity index (χ3n) is 6.43. The normalized spacial score (nSPS) is 13.8. The standard InChI is InChI=1S/C26H27Cl2N9O2/c1-34(2)15-21(38)36-12-10-35(11-13-36)17-8-6-16(7-9-17)31-25-30-14-18-23(29)37(26(39)33-24(18)32-25)22-19(27)4-3-5-20(22)28/h3-9,14,29H,10-13,15H2,1-2H3,(H2,30,31,32,33,39). The van der Waals surface area contributed by atoms with Crippen LogP contribution in [0.25, 0.3) is 16.7 Å². The van der Waals surface area contributed by atoms with Crippen LogP contribution in [0.2, 0.25) is 10.0 Å². The first kappa shape index (κ1) is 26.7. The summed E-state index contributed by atoms with van der Waals surface area (Å²) in [5.41, 5.74) is 1.52. The van der Waals surface area contributed by atoms with Gasteiger partial charge in [-0.2, -0.15) is 4.98 Å². The van der Waals surface area contributed by atoms with Crippen LogP contribution in [0, 0.1) is 5.41 Å². The number of aromatic nitrogens is 4. The highest BCUT2D eigenvalue weighted by Gasteiger charge is 2.21. The minimum absolute atomic E-state index is 0.136. The van der Waals surface area contributed by atoms with Gasteiger partial charge in [-0.3, -0.25) is 15.2 Å². The fourth-order valence-electron chi connectivity index (χ4n) is 4.48. The summed E-state index contributed by atoms with van der Waals surface area (Å²) in [7, 11) is 3.79. The highest BCUT2D eigenvalue weighted by atomic mass is 35.5. The lowest BCUT2D eigenvalue weighted by Crippen LogP contribution is -2.50. The molecule has 0 atom stereocenters. The van der Waals surface area contributed by atoms with E-state index in [1.54, 1.807) is 18.2 Å². The minimum atomic E-state index is -0.597. The molecular weight excluding hydrogens is 541 g/mol. The van der Waals surface area contributed by atoms with Crippen LogP contribution in [0.5, 0.6) is 0 Å². The van der Waals surface area contributed by atoms with E-state index in [0.29, 0.717) is 25.0 Å². The second-order valence-corrected chi connectivity index (χ2v) is 10.2. The molecule has 1 aliphatic rings. The Morgan fingerprint density at radius 2 is 1.74 bits per heavy atom. The minimum Gasteiger partial charge on any atom is -0.368 e. The van der Waals surface area contributed by atoms with Crippen LogP contribution >= 0.6 is 23.2 Å². The van der Waals surface area contributed by atoms with Crippen molar-refractivity contribution < 1.29 is 4.79 Å². The van der Waals surface area contributed by atoms with E-state index >= 15 is 0 Å². The molecular formula is C26H27Cl2N9O2. The Kier molecular flexibility index (Phi) is 7.56. The van der Waals surface area contributed by atoms with Gasteiger partial charge in [0.05, 0.1) is 27.7 Å². The number of H-pyrrole nitrogens is 1. The SMILES string of the molecule is CN(C)CC(=O)N1CCN(c2ccc(Nc3ncc4c(=N)n(-c5c(Cl)cccc5Cl)c(=O)[nH]c4n3)cc2)CC1. The van der Waals surface area contributed by atoms with E-state index in [4.69, 9.17) is 28.6 Å². The summed E-state index contributed by atoms with van der Waals surface area (Å²) >= 11 is 12.5. The molecule has 3 heterocycles. The lowest BCUT2D eigenvalue weighted by Gasteiger charge is -2.36. The molecule has 0 unspecified atom stereocenters. The molecule has 0 radical (unpaired) electrons. The summed E-state index contributed by atoms with van der Waals surface area (Å²) in [6.07, 6.45) is 1.47. The first-order chi connectivity index (χ1) is 18.7. The average Bonchev–Trinajstić information content (AvgIpc) is 2.90. The van der Waals surface area contributed by atoms with Crippen molar-refractivity contribution in [2.75, 3.05) is 57.0 Å². The van der Waals surface area contributed by atoms with E-state index < -0.39 is 5.69 Å². The first-order valence-corrected chi connectivity index (χ1v) is 13.0. The number of aromatic amines is 1. The molecule has 1 aliphatic heterocycles. The molecule has 39 heavy (non-hydrogen) atoms. The van der Waals surface area contributed by atoms with E-state index in [2.05, 4.69) is 25.2 Å². The Hall–Kier alpha value is -3.93. The molecule has 1 amide bonds. The Labute approximate surface area is 234 Å². The highest BCUT2D eigenvalue weighted by molar-refractivity contribution is 6.37. The average molecular weight is 568 g/mol. The van der Waals surface area contributed by atoms with Gasteiger partial charge in [-0.1, -0.05) is 29.3 Å². The summed E-state index contributed by atoms with van der Waals surface area (Å²) in [6.45, 7) is 3.33. The predicted octanol–water partition coefficient (Wildman–Crippen LogP) is 2.85. The summed E-state index contributed by atoms with van der Waals surface area (Å²) in [6, 6.07) is 12.7. The number of anilines is 3. The Morgan fingerprint density at radius 3 is 2.38 bits per heavy atom. The highest BCUT2D eigenvalue weighted by Crippen LogP contribution is 2.26. The molecule has 0 bridgehead atoms. The molecule has 1 fully saturated rings. The van der Waals surface area contributed by atoms with E-state index in [9.17, 15) is 9.59 Å². The van der Waals surface area contributed by atoms with Crippen molar-refractivity contribution in [3.63, 3.8) is 0 Å². The molecule has 0 aliphatic carbocycles. The maximum atomic E-state index is 12.9. The van der Waals surface area contributed by atoms with Gasteiger partial charge in [0.25, 0.3) is 0 Å². The number of nitrogens with zero attached hydrogens (tertiary/aromatic N) is 6. The summed E-state index contributed by atoms with van der Waals surface area (Å²) in [5.74, 6) is 0.419. The number of amides is 1. The van der Waals surface area contributed by atoms with Crippen LogP contribution in [0.3, 0.4) is 0 Å². The Balaban J connectivity index is 1.31. The third kappa shape index (κ3) is 5.60. The summed E-state index contributed by atoms with van der Waals surface area (Å²) in [4.78, 5) is 42.6. The van der Waals surface area contributed by atoms with Crippen LogP contribution in [-0.4, -0.2) is 82.0 Å². The van der Waals surface area contributed by atoms with Gasteiger partial charge < -0.3 is 20.0 Å². The van der Waals surface area contributed by atoms with Gasteiger partial charge >= 0.3 is 5.69 Å². The number of benzene rings is 2. The number of hydrogen-bond acceptors (Lipinski definition) is 8. The molecule has 2 aromatic heterocycles. The third-order valence-corrected chi connectivity index (χ3v) is 7.04. The number of likely N-dealkylation sites (N-methyl/N-ethyl adjacent to an activating group) is 1. The fraction of sp³-hybridized carbons (Fsp3) is 0.269. The van der Waals surface area contributed by atoms with E-state index in [1.165, 1.54) is 6.20 Å². The van der Waals surface area contributed by atoms with Crippen LogP contribution in [-0.2, 0) is 4.79 Å². The van der Waals surface area contributed by atoms with Gasteiger partial charge in [0.2, 0.25) is 11.9 Å². The lowest BCUT2D eigenvalue weighted by molar-refractivity contribution is -0.132. The van der Waals surface area contributed by atoms with Crippen molar-refractivity contribution in [1.29, 1.82) is 5.41 Å². The zero-order chi connectivity index (χ0) is 27.7. The van der Waals surface area contributed by atoms with E-state index in [0.717, 1.165) is 29.0 Å². The summed E-state index contributed by atoms with van der Waals surface area (Å²) < 4.78 is 1.10. The first-order valence-electron chi connectivity index (χ1n) is 12.3. The Bertz CT molecular complexity index is 1620. The number of fused-ring (bicyclic) bond motifs is 1. The predicted molar refractivity (Wildman–Crippen MR) is 152 cm³/mol. The van der Waals surface area contributed by atoms with E-state index in [1.807, 2.05) is 48.2 Å². The molecule has 3 N–H and O–H groups in total. The van der Waals surface area contributed by atoms with Gasteiger partial charge in [-0.15, -0.1) is 0 Å². The number of hydrogen-bond donors (Lipinski definition) is 3. The largest absolute Gasteiger partial charge is 0.368 e. The molecule has 13 heteroatoms. The van der Waals surface area contributed by atoms with Crippen LogP contribution in [0.4, 0.5) is 17.3 Å². The number of carbonyl (C=O) groups excluding carboxylic acids is 1. The van der Waals surface area contributed by atoms with Crippen molar-refractivity contribution in [3.05, 3.63) is 74.7 Å². The van der Waals surface area contributed by atoms with Crippen LogP contribution in [0.1, 0.15) is 0 Å². The zero-order valence-corrected chi connectivity index (χ0v) is 22.9. The molecule has 1 saturated heterocycles. The maximum absolute atomic E-state index is 12.9. The maximum Gasteiger partial charge on any atom is 0.333 e. The number of rotatable bonds is 6. The topological polar surface area (TPSA) is 126 Å². The van der Waals surface area contributed by atoms with Crippen molar-refractivity contribution in [1.82, 2.24) is 29.3 Å². The molecule has 4 aromatic rings. The smallest absolute Gasteiger partial charge is 0.333 e. The summed E-state index contributed by atoms with van der Waals surface area (Å²) in [5, 5.41) is 12.5. The molecule has 202 valence electrons. The van der Waals surface area contributed by atoms with Crippen molar-refractivity contribution >= 4 is 57.5 Å². The Morgan fingerprint density at radius 1 is 1.08 bits per heavy atom. The van der Waals surface area contributed by atoms with Crippen molar-refractivity contribution in [2.45, 2.75) is 0 Å². The van der Waals surface area contributed by atoms with Crippen LogP contribution in [0.15, 0.2) is 53.5 Å². The van der Waals surface area contributed by atoms with Crippen molar-refractivity contribution in [2.24, 2.45) is 0 Å². The van der Waals surface area contributed by atoms with Gasteiger partial charge in [0, 0.05) is 43.8 Å². The number of nitrogens with one attached hydrogen (secondary N) is 3. The fourth-order valence-corrected chi connectivity index (χ4v) is 5.04. The second kappa shape index (κ2) is 11.0. The second-order valence-electron chi connectivity index (χ2n) is 9.42. The van der Waals surface area contributed by atoms with Crippen molar-refractivity contribution in [3.8, 4) is 5.69 Å².